The largest absolute Gasteiger partial charge is 0.449 e. The number of nitrogens with one attached hydrogen (secondary N) is 1. The van der Waals surface area contributed by atoms with Crippen LogP contribution in [-0.2, 0) is 19.6 Å². The second kappa shape index (κ2) is 10.3. The van der Waals surface area contributed by atoms with Gasteiger partial charge in [-0.2, -0.15) is 4.31 Å². The molecular weight excluding hydrogens is 444 g/mol. The van der Waals surface area contributed by atoms with E-state index in [1.165, 1.54) is 42.4 Å². The maximum absolute atomic E-state index is 12.8. The van der Waals surface area contributed by atoms with Crippen molar-refractivity contribution in [3.05, 3.63) is 59.7 Å². The van der Waals surface area contributed by atoms with Crippen LogP contribution in [0.2, 0.25) is 0 Å². The van der Waals surface area contributed by atoms with E-state index in [1.54, 1.807) is 24.3 Å². The molecule has 33 heavy (non-hydrogen) atoms. The molecule has 0 bridgehead atoms. The second-order valence-corrected chi connectivity index (χ2v) is 10.2. The number of amides is 1. The van der Waals surface area contributed by atoms with Crippen LogP contribution < -0.4 is 5.32 Å². The van der Waals surface area contributed by atoms with Gasteiger partial charge in [0.25, 0.3) is 5.91 Å². The molecule has 1 N–H and O–H groups in total. The lowest BCUT2D eigenvalue weighted by atomic mass is 10.0. The Hall–Kier alpha value is -3.04. The summed E-state index contributed by atoms with van der Waals surface area (Å²) >= 11 is 0. The SMILES string of the molecule is CC(=O)c1ccc(NC(=O)C(C)OC(=O)c2ccc(S(=O)(=O)N3CCC(C)CC3)cc2)cc1. The molecule has 8 nitrogen and oxygen atoms in total. The molecule has 1 aliphatic rings. The van der Waals surface area contributed by atoms with Crippen molar-refractivity contribution < 1.29 is 27.5 Å². The number of esters is 1. The second-order valence-electron chi connectivity index (χ2n) is 8.28. The number of rotatable bonds is 7. The van der Waals surface area contributed by atoms with Crippen LogP contribution in [0.1, 0.15) is 54.3 Å². The zero-order valence-corrected chi connectivity index (χ0v) is 19.7. The fourth-order valence-corrected chi connectivity index (χ4v) is 4.92. The number of benzene rings is 2. The molecular formula is C24H28N2O6S. The Balaban J connectivity index is 1.59. The summed E-state index contributed by atoms with van der Waals surface area (Å²) in [5.74, 6) is -0.843. The van der Waals surface area contributed by atoms with E-state index in [0.717, 1.165) is 12.8 Å². The maximum atomic E-state index is 12.8. The van der Waals surface area contributed by atoms with Gasteiger partial charge in [-0.1, -0.05) is 6.92 Å². The van der Waals surface area contributed by atoms with Gasteiger partial charge >= 0.3 is 5.97 Å². The molecule has 2 aromatic rings. The number of carbonyl (C=O) groups is 3. The first-order valence-electron chi connectivity index (χ1n) is 10.8. The first kappa shape index (κ1) is 24.6. The Bertz CT molecular complexity index is 1120. The van der Waals surface area contributed by atoms with Crippen molar-refractivity contribution in [2.75, 3.05) is 18.4 Å². The molecule has 2 aromatic carbocycles. The highest BCUT2D eigenvalue weighted by Gasteiger charge is 2.28. The topological polar surface area (TPSA) is 110 Å². The van der Waals surface area contributed by atoms with E-state index in [2.05, 4.69) is 12.2 Å². The minimum atomic E-state index is -3.61. The summed E-state index contributed by atoms with van der Waals surface area (Å²) in [6.07, 6.45) is 0.568. The summed E-state index contributed by atoms with van der Waals surface area (Å²) in [5, 5.41) is 2.62. The van der Waals surface area contributed by atoms with Crippen LogP contribution in [0.5, 0.6) is 0 Å². The van der Waals surface area contributed by atoms with E-state index in [1.807, 2.05) is 0 Å². The molecule has 0 aromatic heterocycles. The van der Waals surface area contributed by atoms with Crippen molar-refractivity contribution >= 4 is 33.4 Å². The molecule has 1 amide bonds. The van der Waals surface area contributed by atoms with Gasteiger partial charge in [-0.05, 0) is 81.1 Å². The lowest BCUT2D eigenvalue weighted by molar-refractivity contribution is -0.123. The van der Waals surface area contributed by atoms with Gasteiger partial charge in [-0.3, -0.25) is 9.59 Å². The van der Waals surface area contributed by atoms with Crippen LogP contribution in [0.15, 0.2) is 53.4 Å². The summed E-state index contributed by atoms with van der Waals surface area (Å²) in [7, 11) is -3.61. The molecule has 1 atom stereocenters. The van der Waals surface area contributed by atoms with Crippen molar-refractivity contribution in [1.29, 1.82) is 0 Å². The van der Waals surface area contributed by atoms with Gasteiger partial charge in [-0.25, -0.2) is 13.2 Å². The van der Waals surface area contributed by atoms with Crippen LogP contribution in [0.25, 0.3) is 0 Å². The molecule has 3 rings (SSSR count). The first-order valence-corrected chi connectivity index (χ1v) is 12.2. The van der Waals surface area contributed by atoms with E-state index in [9.17, 15) is 22.8 Å². The van der Waals surface area contributed by atoms with E-state index < -0.39 is 28.0 Å². The summed E-state index contributed by atoms with van der Waals surface area (Å²) in [6, 6.07) is 11.9. The average Bonchev–Trinajstić information content (AvgIpc) is 2.79. The van der Waals surface area contributed by atoms with Gasteiger partial charge in [0.05, 0.1) is 10.5 Å². The highest BCUT2D eigenvalue weighted by molar-refractivity contribution is 7.89. The van der Waals surface area contributed by atoms with E-state index in [0.29, 0.717) is 30.3 Å². The standard InChI is InChI=1S/C24H28N2O6S/c1-16-12-14-26(15-13-16)33(30,31)22-10-6-20(7-11-22)24(29)32-18(3)23(28)25-21-8-4-19(5-9-21)17(2)27/h4-11,16,18H,12-15H2,1-3H3,(H,25,28). The van der Waals surface area contributed by atoms with Crippen molar-refractivity contribution in [3.63, 3.8) is 0 Å². The number of sulfonamides is 1. The predicted octanol–water partition coefficient (Wildman–Crippen LogP) is 3.49. The summed E-state index contributed by atoms with van der Waals surface area (Å²) in [6.45, 7) is 5.96. The minimum Gasteiger partial charge on any atom is -0.449 e. The molecule has 1 fully saturated rings. The van der Waals surface area contributed by atoms with Gasteiger partial charge < -0.3 is 10.1 Å². The predicted molar refractivity (Wildman–Crippen MR) is 124 cm³/mol. The fraction of sp³-hybridized carbons (Fsp3) is 0.375. The Morgan fingerprint density at radius 3 is 2.06 bits per heavy atom. The molecule has 0 aliphatic carbocycles. The lowest BCUT2D eigenvalue weighted by Crippen LogP contribution is -2.37. The Kier molecular flexibility index (Phi) is 7.65. The van der Waals surface area contributed by atoms with E-state index >= 15 is 0 Å². The zero-order chi connectivity index (χ0) is 24.2. The number of hydrogen-bond acceptors (Lipinski definition) is 6. The van der Waals surface area contributed by atoms with E-state index in [4.69, 9.17) is 4.74 Å². The van der Waals surface area contributed by atoms with Crippen LogP contribution in [0.3, 0.4) is 0 Å². The number of ether oxygens (including phenoxy) is 1. The van der Waals surface area contributed by atoms with Crippen molar-refractivity contribution in [2.24, 2.45) is 5.92 Å². The van der Waals surface area contributed by atoms with Gasteiger partial charge in [0.1, 0.15) is 0 Å². The zero-order valence-electron chi connectivity index (χ0n) is 18.9. The molecule has 0 radical (unpaired) electrons. The molecule has 0 spiro atoms. The summed E-state index contributed by atoms with van der Waals surface area (Å²) in [4.78, 5) is 36.2. The highest BCUT2D eigenvalue weighted by atomic mass is 32.2. The number of carbonyl (C=O) groups excluding carboxylic acids is 3. The highest BCUT2D eigenvalue weighted by Crippen LogP contribution is 2.24. The number of piperidine rings is 1. The van der Waals surface area contributed by atoms with Gasteiger partial charge in [0, 0.05) is 24.3 Å². The minimum absolute atomic E-state index is 0.0838. The molecule has 176 valence electrons. The summed E-state index contributed by atoms with van der Waals surface area (Å²) in [5.41, 5.74) is 1.13. The Morgan fingerprint density at radius 2 is 1.52 bits per heavy atom. The smallest absolute Gasteiger partial charge is 0.338 e. The van der Waals surface area contributed by atoms with Gasteiger partial charge in [-0.15, -0.1) is 0 Å². The summed E-state index contributed by atoms with van der Waals surface area (Å²) < 4.78 is 32.3. The Morgan fingerprint density at radius 1 is 0.970 bits per heavy atom. The van der Waals surface area contributed by atoms with Crippen molar-refractivity contribution in [2.45, 2.75) is 44.6 Å². The number of Topliss-reactive ketones (excluding diaryl/α,β-unsaturated/α-hetero) is 1. The third kappa shape index (κ3) is 6.06. The maximum Gasteiger partial charge on any atom is 0.338 e. The van der Waals surface area contributed by atoms with Crippen LogP contribution >= 0.6 is 0 Å². The van der Waals surface area contributed by atoms with Gasteiger partial charge in [0.2, 0.25) is 10.0 Å². The monoisotopic (exact) mass is 472 g/mol. The number of anilines is 1. The van der Waals surface area contributed by atoms with Crippen LogP contribution in [0, 0.1) is 5.92 Å². The molecule has 9 heteroatoms. The van der Waals surface area contributed by atoms with E-state index in [-0.39, 0.29) is 16.2 Å². The third-order valence-electron chi connectivity index (χ3n) is 5.68. The van der Waals surface area contributed by atoms with Gasteiger partial charge in [0.15, 0.2) is 11.9 Å². The molecule has 1 heterocycles. The fourth-order valence-electron chi connectivity index (χ4n) is 3.45. The Labute approximate surface area is 194 Å². The molecule has 1 unspecified atom stereocenters. The third-order valence-corrected chi connectivity index (χ3v) is 7.60. The number of ketones is 1. The molecule has 0 saturated carbocycles. The molecule has 1 saturated heterocycles. The first-order chi connectivity index (χ1) is 15.6. The van der Waals surface area contributed by atoms with Crippen LogP contribution in [-0.4, -0.2) is 49.6 Å². The van der Waals surface area contributed by atoms with Crippen molar-refractivity contribution in [1.82, 2.24) is 4.31 Å². The quantitative estimate of drug-likeness (QED) is 0.488. The average molecular weight is 473 g/mol. The lowest BCUT2D eigenvalue weighted by Gasteiger charge is -2.29. The number of nitrogens with zero attached hydrogens (tertiary/aromatic N) is 1. The normalized spacial score (nSPS) is 16.1. The van der Waals surface area contributed by atoms with Crippen molar-refractivity contribution in [3.8, 4) is 0 Å². The number of hydrogen-bond donors (Lipinski definition) is 1. The van der Waals surface area contributed by atoms with Crippen LogP contribution in [0.4, 0.5) is 5.69 Å². The molecule has 1 aliphatic heterocycles.